The Morgan fingerprint density at radius 3 is 2.73 bits per heavy atom. The molecule has 0 spiro atoms. The van der Waals surface area contributed by atoms with E-state index in [0.29, 0.717) is 6.04 Å². The summed E-state index contributed by atoms with van der Waals surface area (Å²) in [5, 5.41) is 12.9. The fraction of sp³-hybridized carbons (Fsp3) is 1.00. The highest BCUT2D eigenvalue weighted by Crippen LogP contribution is 2.17. The van der Waals surface area contributed by atoms with Crippen LogP contribution in [0, 0.1) is 0 Å². The largest absolute Gasteiger partial charge is 0.391 e. The summed E-state index contributed by atoms with van der Waals surface area (Å²) < 4.78 is 0. The number of rotatable bonds is 1. The first-order valence-corrected chi connectivity index (χ1v) is 4.51. The van der Waals surface area contributed by atoms with Crippen molar-refractivity contribution in [1.29, 1.82) is 0 Å². The lowest BCUT2D eigenvalue weighted by Gasteiger charge is -2.42. The SMILES string of the molecule is OC1CCNCC1N1CCC1. The van der Waals surface area contributed by atoms with Crippen LogP contribution in [0.25, 0.3) is 0 Å². The third-order valence-electron chi connectivity index (χ3n) is 2.77. The maximum atomic E-state index is 9.62. The molecule has 2 aliphatic rings. The Kier molecular flexibility index (Phi) is 2.11. The van der Waals surface area contributed by atoms with Crippen molar-refractivity contribution in [2.24, 2.45) is 0 Å². The Morgan fingerprint density at radius 2 is 2.18 bits per heavy atom. The van der Waals surface area contributed by atoms with Gasteiger partial charge in [0.05, 0.1) is 6.10 Å². The van der Waals surface area contributed by atoms with Gasteiger partial charge in [-0.3, -0.25) is 4.90 Å². The number of aliphatic hydroxyl groups is 1. The average molecular weight is 156 g/mol. The summed E-state index contributed by atoms with van der Waals surface area (Å²) in [4.78, 5) is 2.37. The van der Waals surface area contributed by atoms with Crippen molar-refractivity contribution in [3.05, 3.63) is 0 Å². The summed E-state index contributed by atoms with van der Waals surface area (Å²) in [5.74, 6) is 0. The molecule has 0 amide bonds. The van der Waals surface area contributed by atoms with Crippen molar-refractivity contribution in [2.45, 2.75) is 25.0 Å². The smallest absolute Gasteiger partial charge is 0.0719 e. The molecule has 3 nitrogen and oxygen atoms in total. The molecule has 2 fully saturated rings. The van der Waals surface area contributed by atoms with E-state index in [4.69, 9.17) is 0 Å². The van der Waals surface area contributed by atoms with Crippen molar-refractivity contribution < 1.29 is 5.11 Å². The van der Waals surface area contributed by atoms with Crippen LogP contribution in [0.2, 0.25) is 0 Å². The molecular weight excluding hydrogens is 140 g/mol. The van der Waals surface area contributed by atoms with Crippen LogP contribution in [-0.2, 0) is 0 Å². The van der Waals surface area contributed by atoms with E-state index < -0.39 is 0 Å². The van der Waals surface area contributed by atoms with Crippen LogP contribution in [0.4, 0.5) is 0 Å². The van der Waals surface area contributed by atoms with Crippen LogP contribution >= 0.6 is 0 Å². The molecule has 0 saturated carbocycles. The highest BCUT2D eigenvalue weighted by molar-refractivity contribution is 4.88. The lowest BCUT2D eigenvalue weighted by atomic mass is 9.99. The number of nitrogens with zero attached hydrogens (tertiary/aromatic N) is 1. The predicted molar refractivity (Wildman–Crippen MR) is 43.5 cm³/mol. The van der Waals surface area contributed by atoms with Gasteiger partial charge in [0.15, 0.2) is 0 Å². The van der Waals surface area contributed by atoms with Gasteiger partial charge in [-0.15, -0.1) is 0 Å². The predicted octanol–water partition coefficient (Wildman–Crippen LogP) is -0.585. The molecule has 64 valence electrons. The number of likely N-dealkylation sites (tertiary alicyclic amines) is 1. The van der Waals surface area contributed by atoms with Gasteiger partial charge < -0.3 is 10.4 Å². The summed E-state index contributed by atoms with van der Waals surface area (Å²) in [6.07, 6.45) is 2.14. The van der Waals surface area contributed by atoms with Crippen molar-refractivity contribution >= 4 is 0 Å². The molecule has 0 aromatic carbocycles. The zero-order chi connectivity index (χ0) is 7.68. The summed E-state index contributed by atoms with van der Waals surface area (Å²) >= 11 is 0. The molecular formula is C8H16N2O. The van der Waals surface area contributed by atoms with E-state index in [-0.39, 0.29) is 6.10 Å². The van der Waals surface area contributed by atoms with Crippen LogP contribution in [-0.4, -0.2) is 48.3 Å². The van der Waals surface area contributed by atoms with Gasteiger partial charge in [0.25, 0.3) is 0 Å². The van der Waals surface area contributed by atoms with Gasteiger partial charge in [-0.25, -0.2) is 0 Å². The molecule has 2 saturated heterocycles. The topological polar surface area (TPSA) is 35.5 Å². The average Bonchev–Trinajstić information content (AvgIpc) is 1.90. The molecule has 0 aromatic heterocycles. The summed E-state index contributed by atoms with van der Waals surface area (Å²) in [6.45, 7) is 4.32. The second-order valence-electron chi connectivity index (χ2n) is 3.52. The van der Waals surface area contributed by atoms with E-state index >= 15 is 0 Å². The standard InChI is InChI=1S/C8H16N2O/c11-8-2-3-9-6-7(8)10-4-1-5-10/h7-9,11H,1-6H2. The minimum atomic E-state index is -0.0865. The van der Waals surface area contributed by atoms with Crippen LogP contribution in [0.1, 0.15) is 12.8 Å². The number of hydrogen-bond donors (Lipinski definition) is 2. The van der Waals surface area contributed by atoms with Crippen molar-refractivity contribution in [3.63, 3.8) is 0 Å². The summed E-state index contributed by atoms with van der Waals surface area (Å²) in [6, 6.07) is 0.400. The Hall–Kier alpha value is -0.120. The van der Waals surface area contributed by atoms with Gasteiger partial charge in [-0.2, -0.15) is 0 Å². The number of piperidine rings is 1. The molecule has 2 N–H and O–H groups in total. The first kappa shape index (κ1) is 7.53. The highest BCUT2D eigenvalue weighted by atomic mass is 16.3. The monoisotopic (exact) mass is 156 g/mol. The normalized spacial score (nSPS) is 40.1. The number of aliphatic hydroxyl groups excluding tert-OH is 1. The Bertz CT molecular complexity index is 134. The van der Waals surface area contributed by atoms with Crippen molar-refractivity contribution in [3.8, 4) is 0 Å². The zero-order valence-electron chi connectivity index (χ0n) is 6.79. The number of nitrogens with one attached hydrogen (secondary N) is 1. The van der Waals surface area contributed by atoms with Gasteiger partial charge in [0, 0.05) is 12.6 Å². The molecule has 0 radical (unpaired) electrons. The quantitative estimate of drug-likeness (QED) is 0.533. The zero-order valence-corrected chi connectivity index (χ0v) is 6.79. The van der Waals surface area contributed by atoms with Gasteiger partial charge in [-0.05, 0) is 32.5 Å². The second kappa shape index (κ2) is 3.09. The fourth-order valence-electron chi connectivity index (χ4n) is 1.87. The molecule has 2 heterocycles. The molecule has 2 atom stereocenters. The maximum absolute atomic E-state index is 9.62. The van der Waals surface area contributed by atoms with E-state index in [9.17, 15) is 5.11 Å². The summed E-state index contributed by atoms with van der Waals surface area (Å²) in [5.41, 5.74) is 0. The van der Waals surface area contributed by atoms with E-state index in [1.807, 2.05) is 0 Å². The Morgan fingerprint density at radius 1 is 1.36 bits per heavy atom. The molecule has 3 heteroatoms. The van der Waals surface area contributed by atoms with E-state index in [1.165, 1.54) is 19.5 Å². The first-order valence-electron chi connectivity index (χ1n) is 4.51. The van der Waals surface area contributed by atoms with E-state index in [1.54, 1.807) is 0 Å². The van der Waals surface area contributed by atoms with Gasteiger partial charge in [-0.1, -0.05) is 0 Å². The second-order valence-corrected chi connectivity index (χ2v) is 3.52. The first-order chi connectivity index (χ1) is 5.38. The summed E-state index contributed by atoms with van der Waals surface area (Å²) in [7, 11) is 0. The minimum Gasteiger partial charge on any atom is -0.391 e. The van der Waals surface area contributed by atoms with E-state index in [0.717, 1.165) is 19.5 Å². The van der Waals surface area contributed by atoms with Crippen molar-refractivity contribution in [2.75, 3.05) is 26.2 Å². The molecule has 2 aliphatic heterocycles. The van der Waals surface area contributed by atoms with Gasteiger partial charge in [0.2, 0.25) is 0 Å². The highest BCUT2D eigenvalue weighted by Gasteiger charge is 2.31. The molecule has 0 bridgehead atoms. The van der Waals surface area contributed by atoms with Crippen LogP contribution in [0.3, 0.4) is 0 Å². The Labute approximate surface area is 67.4 Å². The Balaban J connectivity index is 1.88. The molecule has 0 aromatic rings. The van der Waals surface area contributed by atoms with Crippen LogP contribution in [0.15, 0.2) is 0 Å². The lowest BCUT2D eigenvalue weighted by molar-refractivity contribution is -0.000871. The molecule has 11 heavy (non-hydrogen) atoms. The van der Waals surface area contributed by atoms with Crippen LogP contribution < -0.4 is 5.32 Å². The molecule has 2 rings (SSSR count). The lowest BCUT2D eigenvalue weighted by Crippen LogP contribution is -2.58. The third-order valence-corrected chi connectivity index (χ3v) is 2.77. The molecule has 2 unspecified atom stereocenters. The fourth-order valence-corrected chi connectivity index (χ4v) is 1.87. The van der Waals surface area contributed by atoms with Gasteiger partial charge >= 0.3 is 0 Å². The van der Waals surface area contributed by atoms with Gasteiger partial charge in [0.1, 0.15) is 0 Å². The van der Waals surface area contributed by atoms with Crippen molar-refractivity contribution in [1.82, 2.24) is 10.2 Å². The van der Waals surface area contributed by atoms with Crippen LogP contribution in [0.5, 0.6) is 0 Å². The number of hydrogen-bond acceptors (Lipinski definition) is 3. The maximum Gasteiger partial charge on any atom is 0.0719 e. The molecule has 0 aliphatic carbocycles. The van der Waals surface area contributed by atoms with E-state index in [2.05, 4.69) is 10.2 Å². The minimum absolute atomic E-state index is 0.0865. The third kappa shape index (κ3) is 1.41.